The molecule has 0 spiro atoms. The van der Waals surface area contributed by atoms with Crippen LogP contribution in [0.2, 0.25) is 0 Å². The number of benzene rings is 1. The Morgan fingerprint density at radius 1 is 1.26 bits per heavy atom. The van der Waals surface area contributed by atoms with Crippen molar-refractivity contribution in [2.24, 2.45) is 5.92 Å². The van der Waals surface area contributed by atoms with Crippen molar-refractivity contribution in [1.29, 1.82) is 0 Å². The number of halogens is 1. The molecule has 1 aromatic rings. The second-order valence-electron chi connectivity index (χ2n) is 4.59. The quantitative estimate of drug-likeness (QED) is 0.863. The monoisotopic (exact) mass is 284 g/mol. The lowest BCUT2D eigenvalue weighted by Crippen LogP contribution is -2.48. The molecule has 2 aliphatic heterocycles. The number of rotatable bonds is 3. The summed E-state index contributed by atoms with van der Waals surface area (Å²) < 4.78 is 10.9. The summed E-state index contributed by atoms with van der Waals surface area (Å²) in [7, 11) is 0. The van der Waals surface area contributed by atoms with Gasteiger partial charge in [0, 0.05) is 31.1 Å². The van der Waals surface area contributed by atoms with Gasteiger partial charge in [0.05, 0.1) is 0 Å². The molecule has 2 aliphatic rings. The first-order valence-electron chi connectivity index (χ1n) is 6.21. The third kappa shape index (κ3) is 3.11. The Labute approximate surface area is 118 Å². The molecule has 0 atom stereocenters. The first-order valence-corrected chi connectivity index (χ1v) is 6.21. The second kappa shape index (κ2) is 6.12. The number of nitrogens with one attached hydrogen (secondary N) is 2. The minimum Gasteiger partial charge on any atom is -0.486 e. The van der Waals surface area contributed by atoms with Gasteiger partial charge in [-0.25, -0.2) is 0 Å². The minimum atomic E-state index is -0.0566. The van der Waals surface area contributed by atoms with Crippen LogP contribution in [-0.4, -0.2) is 38.8 Å². The van der Waals surface area contributed by atoms with E-state index in [0.717, 1.165) is 19.6 Å². The van der Waals surface area contributed by atoms with Crippen LogP contribution in [0.1, 0.15) is 10.4 Å². The number of fused-ring (bicyclic) bond motifs is 1. The smallest absolute Gasteiger partial charge is 0.251 e. The average Bonchev–Trinajstić information content (AvgIpc) is 2.36. The Balaban J connectivity index is 0.00000133. The predicted molar refractivity (Wildman–Crippen MR) is 73.4 cm³/mol. The Hall–Kier alpha value is -1.46. The van der Waals surface area contributed by atoms with Gasteiger partial charge in [0.1, 0.15) is 13.2 Å². The lowest BCUT2D eigenvalue weighted by molar-refractivity contribution is 0.0941. The van der Waals surface area contributed by atoms with E-state index in [2.05, 4.69) is 10.6 Å². The first kappa shape index (κ1) is 14.0. The second-order valence-corrected chi connectivity index (χ2v) is 4.59. The molecule has 0 aliphatic carbocycles. The van der Waals surface area contributed by atoms with Gasteiger partial charge in [0.15, 0.2) is 11.5 Å². The fraction of sp³-hybridized carbons (Fsp3) is 0.462. The van der Waals surface area contributed by atoms with E-state index < -0.39 is 0 Å². The van der Waals surface area contributed by atoms with Crippen molar-refractivity contribution in [2.75, 3.05) is 32.8 Å². The van der Waals surface area contributed by atoms with E-state index in [9.17, 15) is 4.79 Å². The summed E-state index contributed by atoms with van der Waals surface area (Å²) in [6, 6.07) is 5.29. The SMILES string of the molecule is Cl.O=C(NCC1CNC1)c1ccc2c(c1)OCCO2. The number of ether oxygens (including phenoxy) is 2. The van der Waals surface area contributed by atoms with Crippen LogP contribution in [0.3, 0.4) is 0 Å². The summed E-state index contributed by atoms with van der Waals surface area (Å²) in [6.45, 7) is 3.79. The summed E-state index contributed by atoms with van der Waals surface area (Å²) in [5, 5.41) is 6.11. The van der Waals surface area contributed by atoms with E-state index >= 15 is 0 Å². The molecular weight excluding hydrogens is 268 g/mol. The van der Waals surface area contributed by atoms with Crippen molar-refractivity contribution >= 4 is 18.3 Å². The third-order valence-electron chi connectivity index (χ3n) is 3.22. The van der Waals surface area contributed by atoms with Crippen molar-refractivity contribution in [2.45, 2.75) is 0 Å². The maximum absolute atomic E-state index is 11.9. The summed E-state index contributed by atoms with van der Waals surface area (Å²) in [4.78, 5) is 11.9. The van der Waals surface area contributed by atoms with E-state index in [1.165, 1.54) is 0 Å². The molecule has 0 radical (unpaired) electrons. The molecule has 0 saturated carbocycles. The Kier molecular flexibility index (Phi) is 4.50. The van der Waals surface area contributed by atoms with E-state index in [0.29, 0.717) is 36.2 Å². The van der Waals surface area contributed by atoms with Crippen molar-refractivity contribution in [3.8, 4) is 11.5 Å². The van der Waals surface area contributed by atoms with Crippen LogP contribution >= 0.6 is 12.4 Å². The molecule has 1 fully saturated rings. The van der Waals surface area contributed by atoms with E-state index in [-0.39, 0.29) is 18.3 Å². The molecule has 2 heterocycles. The highest BCUT2D eigenvalue weighted by molar-refractivity contribution is 5.94. The van der Waals surface area contributed by atoms with Gasteiger partial charge < -0.3 is 20.1 Å². The molecule has 104 valence electrons. The highest BCUT2D eigenvalue weighted by Crippen LogP contribution is 2.30. The normalized spacial score (nSPS) is 17.1. The maximum Gasteiger partial charge on any atom is 0.251 e. The zero-order valence-corrected chi connectivity index (χ0v) is 11.3. The summed E-state index contributed by atoms with van der Waals surface area (Å²) in [5.41, 5.74) is 0.617. The van der Waals surface area contributed by atoms with Crippen LogP contribution < -0.4 is 20.1 Å². The van der Waals surface area contributed by atoms with Gasteiger partial charge in [-0.15, -0.1) is 12.4 Å². The highest BCUT2D eigenvalue weighted by Gasteiger charge is 2.19. The predicted octanol–water partition coefficient (Wildman–Crippen LogP) is 0.829. The number of hydrogen-bond acceptors (Lipinski definition) is 4. The van der Waals surface area contributed by atoms with Crippen LogP contribution in [-0.2, 0) is 0 Å². The van der Waals surface area contributed by atoms with Gasteiger partial charge in [-0.1, -0.05) is 0 Å². The summed E-state index contributed by atoms with van der Waals surface area (Å²) >= 11 is 0. The van der Waals surface area contributed by atoms with Gasteiger partial charge in [-0.05, 0) is 18.2 Å². The lowest BCUT2D eigenvalue weighted by Gasteiger charge is -2.27. The molecule has 3 rings (SSSR count). The Bertz CT molecular complexity index is 463. The molecule has 0 bridgehead atoms. The molecule has 6 heteroatoms. The van der Waals surface area contributed by atoms with E-state index in [1.54, 1.807) is 18.2 Å². The molecule has 5 nitrogen and oxygen atoms in total. The van der Waals surface area contributed by atoms with Gasteiger partial charge >= 0.3 is 0 Å². The van der Waals surface area contributed by atoms with Crippen molar-refractivity contribution in [3.63, 3.8) is 0 Å². The van der Waals surface area contributed by atoms with Crippen LogP contribution in [0.25, 0.3) is 0 Å². The van der Waals surface area contributed by atoms with Crippen LogP contribution in [0.15, 0.2) is 18.2 Å². The molecule has 2 N–H and O–H groups in total. The fourth-order valence-corrected chi connectivity index (χ4v) is 2.02. The number of amides is 1. The number of carbonyl (C=O) groups excluding carboxylic acids is 1. The summed E-state index contributed by atoms with van der Waals surface area (Å²) in [6.07, 6.45) is 0. The molecule has 19 heavy (non-hydrogen) atoms. The van der Waals surface area contributed by atoms with Crippen LogP contribution in [0.5, 0.6) is 11.5 Å². The van der Waals surface area contributed by atoms with Gasteiger partial charge in [0.25, 0.3) is 5.91 Å². The minimum absolute atomic E-state index is 0. The third-order valence-corrected chi connectivity index (χ3v) is 3.22. The van der Waals surface area contributed by atoms with Crippen molar-refractivity contribution in [1.82, 2.24) is 10.6 Å². The Morgan fingerprint density at radius 3 is 2.68 bits per heavy atom. The Morgan fingerprint density at radius 2 is 2.00 bits per heavy atom. The van der Waals surface area contributed by atoms with E-state index in [4.69, 9.17) is 9.47 Å². The molecular formula is C13H17ClN2O3. The van der Waals surface area contributed by atoms with E-state index in [1.807, 2.05) is 0 Å². The number of hydrogen-bond donors (Lipinski definition) is 2. The van der Waals surface area contributed by atoms with Crippen LogP contribution in [0.4, 0.5) is 0 Å². The van der Waals surface area contributed by atoms with Gasteiger partial charge in [-0.3, -0.25) is 4.79 Å². The van der Waals surface area contributed by atoms with Crippen molar-refractivity contribution < 1.29 is 14.3 Å². The van der Waals surface area contributed by atoms with Crippen molar-refractivity contribution in [3.05, 3.63) is 23.8 Å². The highest BCUT2D eigenvalue weighted by atomic mass is 35.5. The fourth-order valence-electron chi connectivity index (χ4n) is 2.02. The molecule has 1 saturated heterocycles. The standard InChI is InChI=1S/C13H16N2O3.ClH/c16-13(15-8-9-6-14-7-9)10-1-2-11-12(5-10)18-4-3-17-11;/h1-2,5,9,14H,3-4,6-8H2,(H,15,16);1H. The zero-order valence-electron chi connectivity index (χ0n) is 10.5. The van der Waals surface area contributed by atoms with Crippen LogP contribution in [0, 0.1) is 5.92 Å². The largest absolute Gasteiger partial charge is 0.486 e. The zero-order chi connectivity index (χ0) is 12.4. The van der Waals surface area contributed by atoms with Gasteiger partial charge in [-0.2, -0.15) is 0 Å². The molecule has 0 unspecified atom stereocenters. The molecule has 0 aromatic heterocycles. The van der Waals surface area contributed by atoms with Gasteiger partial charge in [0.2, 0.25) is 0 Å². The summed E-state index contributed by atoms with van der Waals surface area (Å²) in [5.74, 6) is 1.87. The lowest BCUT2D eigenvalue weighted by atomic mass is 10.0. The molecule has 1 amide bonds. The maximum atomic E-state index is 11.9. The average molecular weight is 285 g/mol. The topological polar surface area (TPSA) is 59.6 Å². The number of carbonyl (C=O) groups is 1. The first-order chi connectivity index (χ1) is 8.83. The molecule has 1 aromatic carbocycles.